The van der Waals surface area contributed by atoms with E-state index in [1.807, 2.05) is 31.1 Å². The summed E-state index contributed by atoms with van der Waals surface area (Å²) in [5, 5.41) is 0.875. The van der Waals surface area contributed by atoms with Crippen LogP contribution >= 0.6 is 11.6 Å². The molecule has 0 fully saturated rings. The molecule has 0 aromatic heterocycles. The molecule has 0 bridgehead atoms. The Bertz CT molecular complexity index is 210. The van der Waals surface area contributed by atoms with Gasteiger partial charge in [-0.3, -0.25) is 0 Å². The smallest absolute Gasteiger partial charge is 0.106 e. The lowest BCUT2D eigenvalue weighted by Gasteiger charge is -1.96. The molecule has 11 heavy (non-hydrogen) atoms. The summed E-state index contributed by atoms with van der Waals surface area (Å²) in [5.74, 6) is 0. The molecule has 2 heteroatoms. The maximum atomic E-state index is 8.00. The van der Waals surface area contributed by atoms with E-state index in [9.17, 15) is 0 Å². The summed E-state index contributed by atoms with van der Waals surface area (Å²) in [6, 6.07) is 7.91. The maximum Gasteiger partial charge on any atom is 0.106 e. The summed E-state index contributed by atoms with van der Waals surface area (Å²) < 4.78 is 0. The van der Waals surface area contributed by atoms with Crippen molar-refractivity contribution in [2.45, 2.75) is 13.3 Å². The minimum absolute atomic E-state index is 0.875. The highest BCUT2D eigenvalue weighted by Gasteiger charge is 1.91. The topological polar surface area (TPSA) is 17.1 Å². The molecule has 0 amide bonds. The Morgan fingerprint density at radius 3 is 2.27 bits per heavy atom. The average molecular weight is 171 g/mol. The van der Waals surface area contributed by atoms with Gasteiger partial charge in [-0.1, -0.05) is 36.7 Å². The van der Waals surface area contributed by atoms with Crippen LogP contribution in [0.4, 0.5) is 0 Å². The summed E-state index contributed by atoms with van der Waals surface area (Å²) in [6.45, 7) is 4.10. The van der Waals surface area contributed by atoms with Gasteiger partial charge < -0.3 is 4.79 Å². The number of carbonyl (C=O) groups excluding carboxylic acids is 1. The first-order valence-electron chi connectivity index (χ1n) is 3.37. The van der Waals surface area contributed by atoms with Gasteiger partial charge in [0.1, 0.15) is 6.79 Å². The minimum atomic E-state index is 0.875. The molecule has 0 unspecified atom stereocenters. The van der Waals surface area contributed by atoms with Crippen LogP contribution in [0.25, 0.3) is 0 Å². The summed E-state index contributed by atoms with van der Waals surface area (Å²) in [6.07, 6.45) is 1.01. The Hall–Kier alpha value is -0.820. The zero-order valence-electron chi connectivity index (χ0n) is 6.51. The second kappa shape index (κ2) is 5.93. The summed E-state index contributed by atoms with van der Waals surface area (Å²) >= 11 is 5.82. The van der Waals surface area contributed by atoms with Crippen LogP contribution in [0.3, 0.4) is 0 Å². The summed E-state index contributed by atoms with van der Waals surface area (Å²) in [5.41, 5.74) is 1.22. The van der Waals surface area contributed by atoms with Crippen LogP contribution in [-0.2, 0) is 11.2 Å². The molecule has 0 aliphatic carbocycles. The number of carbonyl (C=O) groups is 1. The summed E-state index contributed by atoms with van der Waals surface area (Å²) in [4.78, 5) is 8.00. The quantitative estimate of drug-likeness (QED) is 0.634. The third-order valence-corrected chi connectivity index (χ3v) is 1.71. The SMILES string of the molecule is C=O.CCc1ccccc1Cl. The Kier molecular flexibility index (Phi) is 5.49. The van der Waals surface area contributed by atoms with Crippen LogP contribution in [0.5, 0.6) is 0 Å². The molecule has 0 aliphatic rings. The van der Waals surface area contributed by atoms with Gasteiger partial charge in [0.25, 0.3) is 0 Å². The molecule has 0 saturated carbocycles. The van der Waals surface area contributed by atoms with Crippen LogP contribution in [0.2, 0.25) is 5.02 Å². The fourth-order valence-electron chi connectivity index (χ4n) is 0.785. The largest absolute Gasteiger partial charge is 0.307 e. The highest BCUT2D eigenvalue weighted by Crippen LogP contribution is 2.14. The van der Waals surface area contributed by atoms with Crippen molar-refractivity contribution in [3.63, 3.8) is 0 Å². The number of aryl methyl sites for hydroxylation is 1. The van der Waals surface area contributed by atoms with Crippen molar-refractivity contribution in [1.82, 2.24) is 0 Å². The molecule has 60 valence electrons. The molecule has 1 aromatic carbocycles. The van der Waals surface area contributed by atoms with E-state index in [4.69, 9.17) is 16.4 Å². The van der Waals surface area contributed by atoms with Crippen molar-refractivity contribution in [3.8, 4) is 0 Å². The molecule has 1 aromatic rings. The Morgan fingerprint density at radius 1 is 1.36 bits per heavy atom. The zero-order chi connectivity index (χ0) is 8.69. The third-order valence-electron chi connectivity index (χ3n) is 1.34. The number of rotatable bonds is 1. The molecular formula is C9H11ClO. The first kappa shape index (κ1) is 10.2. The first-order valence-corrected chi connectivity index (χ1v) is 3.74. The van der Waals surface area contributed by atoms with Crippen LogP contribution in [0.15, 0.2) is 24.3 Å². The maximum absolute atomic E-state index is 8.00. The van der Waals surface area contributed by atoms with E-state index in [1.54, 1.807) is 0 Å². The van der Waals surface area contributed by atoms with E-state index in [-0.39, 0.29) is 0 Å². The van der Waals surface area contributed by atoms with Crippen molar-refractivity contribution in [1.29, 1.82) is 0 Å². The van der Waals surface area contributed by atoms with Crippen molar-refractivity contribution in [3.05, 3.63) is 34.9 Å². The van der Waals surface area contributed by atoms with Gasteiger partial charge in [0, 0.05) is 5.02 Å². The lowest BCUT2D eigenvalue weighted by atomic mass is 10.2. The molecule has 0 N–H and O–H groups in total. The third kappa shape index (κ3) is 3.19. The van der Waals surface area contributed by atoms with E-state index in [0.717, 1.165) is 11.4 Å². The van der Waals surface area contributed by atoms with Gasteiger partial charge in [-0.25, -0.2) is 0 Å². The van der Waals surface area contributed by atoms with Crippen LogP contribution < -0.4 is 0 Å². The van der Waals surface area contributed by atoms with E-state index >= 15 is 0 Å². The van der Waals surface area contributed by atoms with Crippen molar-refractivity contribution < 1.29 is 4.79 Å². The van der Waals surface area contributed by atoms with Gasteiger partial charge in [0.15, 0.2) is 0 Å². The highest BCUT2D eigenvalue weighted by molar-refractivity contribution is 6.31. The standard InChI is InChI=1S/C8H9Cl.CH2O/c1-2-7-5-3-4-6-8(7)9;1-2/h3-6H,2H2,1H3;1H2. The van der Waals surface area contributed by atoms with Crippen LogP contribution in [0.1, 0.15) is 12.5 Å². The van der Waals surface area contributed by atoms with Crippen molar-refractivity contribution >= 4 is 18.4 Å². The number of hydrogen-bond donors (Lipinski definition) is 0. The second-order valence-electron chi connectivity index (χ2n) is 1.94. The lowest BCUT2D eigenvalue weighted by molar-refractivity contribution is -0.0979. The molecule has 1 rings (SSSR count). The molecule has 1 nitrogen and oxygen atoms in total. The summed E-state index contributed by atoms with van der Waals surface area (Å²) in [7, 11) is 0. The molecule has 0 heterocycles. The van der Waals surface area contributed by atoms with Gasteiger partial charge >= 0.3 is 0 Å². The number of halogens is 1. The Morgan fingerprint density at radius 2 is 1.91 bits per heavy atom. The molecule has 0 saturated heterocycles. The zero-order valence-corrected chi connectivity index (χ0v) is 7.27. The number of hydrogen-bond acceptors (Lipinski definition) is 1. The van der Waals surface area contributed by atoms with Crippen LogP contribution in [-0.4, -0.2) is 6.79 Å². The van der Waals surface area contributed by atoms with Gasteiger partial charge in [0.05, 0.1) is 0 Å². The second-order valence-corrected chi connectivity index (χ2v) is 2.35. The molecule has 0 atom stereocenters. The molecule has 0 spiro atoms. The van der Waals surface area contributed by atoms with Crippen LogP contribution in [0, 0.1) is 0 Å². The van der Waals surface area contributed by atoms with Gasteiger partial charge in [-0.15, -0.1) is 0 Å². The monoisotopic (exact) mass is 170 g/mol. The fourth-order valence-corrected chi connectivity index (χ4v) is 1.05. The Labute approximate surface area is 72.0 Å². The molecule has 0 radical (unpaired) electrons. The van der Waals surface area contributed by atoms with E-state index < -0.39 is 0 Å². The van der Waals surface area contributed by atoms with E-state index in [1.165, 1.54) is 5.56 Å². The van der Waals surface area contributed by atoms with Gasteiger partial charge in [0.2, 0.25) is 0 Å². The normalized spacial score (nSPS) is 8.18. The van der Waals surface area contributed by atoms with Gasteiger partial charge in [-0.05, 0) is 18.1 Å². The number of benzene rings is 1. The lowest BCUT2D eigenvalue weighted by Crippen LogP contribution is -1.78. The minimum Gasteiger partial charge on any atom is -0.307 e. The average Bonchev–Trinajstić information content (AvgIpc) is 2.09. The Balaban J connectivity index is 0.000000461. The predicted octanol–water partition coefficient (Wildman–Crippen LogP) is 2.72. The van der Waals surface area contributed by atoms with E-state index in [2.05, 4.69) is 6.92 Å². The first-order chi connectivity index (χ1) is 5.34. The van der Waals surface area contributed by atoms with Crippen molar-refractivity contribution in [2.75, 3.05) is 0 Å². The van der Waals surface area contributed by atoms with E-state index in [0.29, 0.717) is 0 Å². The van der Waals surface area contributed by atoms with Gasteiger partial charge in [-0.2, -0.15) is 0 Å². The highest BCUT2D eigenvalue weighted by atomic mass is 35.5. The molecule has 0 aliphatic heterocycles. The fraction of sp³-hybridized carbons (Fsp3) is 0.222. The molecular weight excluding hydrogens is 160 g/mol. The predicted molar refractivity (Wildman–Crippen MR) is 48.0 cm³/mol. The van der Waals surface area contributed by atoms with Crippen molar-refractivity contribution in [2.24, 2.45) is 0 Å².